The average Bonchev–Trinajstić information content (AvgIpc) is 2.44. The average molecular weight is 295 g/mol. The first kappa shape index (κ1) is 14.7. The number of hydrogen-bond donors (Lipinski definition) is 2. The monoisotopic (exact) mass is 295 g/mol. The molecule has 0 aromatic heterocycles. The van der Waals surface area contributed by atoms with E-state index in [1.807, 2.05) is 24.3 Å². The molecule has 1 amide bonds. The number of hydrogen-bond acceptors (Lipinski definition) is 4. The van der Waals surface area contributed by atoms with Crippen LogP contribution in [0.3, 0.4) is 0 Å². The number of carbonyl (C=O) groups excluding carboxylic acids is 1. The highest BCUT2D eigenvalue weighted by molar-refractivity contribution is 8.00. The summed E-state index contributed by atoms with van der Waals surface area (Å²) in [4.78, 5) is 22.0. The van der Waals surface area contributed by atoms with Crippen LogP contribution in [-0.4, -0.2) is 41.6 Å². The second kappa shape index (κ2) is 7.19. The Morgan fingerprint density at radius 1 is 1.35 bits per heavy atom. The number of nitrogens with one attached hydrogen (secondary N) is 1. The molecule has 6 heteroatoms. The maximum Gasteiger partial charge on any atom is 0.313 e. The zero-order valence-corrected chi connectivity index (χ0v) is 11.8. The number of amides is 1. The summed E-state index contributed by atoms with van der Waals surface area (Å²) in [7, 11) is 0. The lowest BCUT2D eigenvalue weighted by atomic mass is 9.93. The van der Waals surface area contributed by atoms with Crippen molar-refractivity contribution in [2.75, 3.05) is 24.7 Å². The molecule has 2 N–H and O–H groups in total. The van der Waals surface area contributed by atoms with E-state index in [9.17, 15) is 9.59 Å². The Labute approximate surface area is 121 Å². The van der Waals surface area contributed by atoms with Crippen LogP contribution in [-0.2, 0) is 9.59 Å². The van der Waals surface area contributed by atoms with Crippen molar-refractivity contribution >= 4 is 23.6 Å². The van der Waals surface area contributed by atoms with Crippen LogP contribution in [0.1, 0.15) is 17.9 Å². The standard InChI is InChI=1S/C14H17NO4S/c16-13(8-20-9-14(17)18)15-7-10-5-6-19-12-4-2-1-3-11(10)12/h1-4,10H,5-9H2,(H,15,16)(H,17,18). The first-order valence-corrected chi connectivity index (χ1v) is 7.60. The van der Waals surface area contributed by atoms with Gasteiger partial charge in [-0.1, -0.05) is 18.2 Å². The Morgan fingerprint density at radius 2 is 2.15 bits per heavy atom. The Bertz CT molecular complexity index is 492. The van der Waals surface area contributed by atoms with Gasteiger partial charge in [-0.2, -0.15) is 0 Å². The van der Waals surface area contributed by atoms with Gasteiger partial charge in [-0.15, -0.1) is 11.8 Å². The van der Waals surface area contributed by atoms with Gasteiger partial charge in [-0.05, 0) is 18.1 Å². The van der Waals surface area contributed by atoms with Crippen molar-refractivity contribution in [3.05, 3.63) is 29.8 Å². The van der Waals surface area contributed by atoms with Gasteiger partial charge in [0.2, 0.25) is 5.91 Å². The minimum Gasteiger partial charge on any atom is -0.493 e. The van der Waals surface area contributed by atoms with Crippen molar-refractivity contribution in [1.82, 2.24) is 5.32 Å². The van der Waals surface area contributed by atoms with E-state index >= 15 is 0 Å². The number of thioether (sulfide) groups is 1. The first-order valence-electron chi connectivity index (χ1n) is 6.45. The minimum absolute atomic E-state index is 0.0481. The predicted molar refractivity (Wildman–Crippen MR) is 77.3 cm³/mol. The van der Waals surface area contributed by atoms with Gasteiger partial charge in [0.25, 0.3) is 0 Å². The lowest BCUT2D eigenvalue weighted by molar-refractivity contribution is -0.133. The van der Waals surface area contributed by atoms with Gasteiger partial charge in [0, 0.05) is 12.5 Å². The van der Waals surface area contributed by atoms with Crippen molar-refractivity contribution in [3.8, 4) is 5.75 Å². The number of para-hydroxylation sites is 1. The number of ether oxygens (including phenoxy) is 1. The lowest BCUT2D eigenvalue weighted by Crippen LogP contribution is -2.32. The molecule has 0 saturated heterocycles. The summed E-state index contributed by atoms with van der Waals surface area (Å²) in [6.07, 6.45) is 0.875. The zero-order chi connectivity index (χ0) is 14.4. The van der Waals surface area contributed by atoms with E-state index in [1.54, 1.807) is 0 Å². The third kappa shape index (κ3) is 4.16. The van der Waals surface area contributed by atoms with Gasteiger partial charge in [0.05, 0.1) is 18.1 Å². The Balaban J connectivity index is 1.80. The molecule has 0 aliphatic carbocycles. The largest absolute Gasteiger partial charge is 0.493 e. The molecule has 1 aromatic carbocycles. The van der Waals surface area contributed by atoms with Crippen molar-refractivity contribution in [1.29, 1.82) is 0 Å². The summed E-state index contributed by atoms with van der Waals surface area (Å²) in [6, 6.07) is 7.85. The maximum absolute atomic E-state index is 11.6. The summed E-state index contributed by atoms with van der Waals surface area (Å²) >= 11 is 1.11. The van der Waals surface area contributed by atoms with Crippen molar-refractivity contribution in [2.45, 2.75) is 12.3 Å². The highest BCUT2D eigenvalue weighted by Crippen LogP contribution is 2.32. The fourth-order valence-corrected chi connectivity index (χ4v) is 2.71. The molecule has 1 aromatic rings. The number of benzene rings is 1. The number of carboxylic acids is 1. The molecular formula is C14H17NO4S. The van der Waals surface area contributed by atoms with E-state index in [4.69, 9.17) is 9.84 Å². The molecule has 20 heavy (non-hydrogen) atoms. The maximum atomic E-state index is 11.6. The van der Waals surface area contributed by atoms with Crippen molar-refractivity contribution in [2.24, 2.45) is 0 Å². The van der Waals surface area contributed by atoms with Crippen LogP contribution in [0.4, 0.5) is 0 Å². The molecule has 0 saturated carbocycles. The SMILES string of the molecule is O=C(O)CSCC(=O)NCC1CCOc2ccccc21. The van der Waals surface area contributed by atoms with Crippen LogP contribution in [0.2, 0.25) is 0 Å². The van der Waals surface area contributed by atoms with E-state index in [2.05, 4.69) is 5.32 Å². The zero-order valence-electron chi connectivity index (χ0n) is 11.0. The summed E-state index contributed by atoms with van der Waals surface area (Å²) < 4.78 is 5.57. The number of rotatable bonds is 6. The molecule has 1 unspecified atom stereocenters. The molecule has 108 valence electrons. The number of aliphatic carboxylic acids is 1. The first-order chi connectivity index (χ1) is 9.66. The Hall–Kier alpha value is -1.69. The highest BCUT2D eigenvalue weighted by atomic mass is 32.2. The Kier molecular flexibility index (Phi) is 5.29. The third-order valence-corrected chi connectivity index (χ3v) is 4.00. The molecule has 0 radical (unpaired) electrons. The van der Waals surface area contributed by atoms with Gasteiger partial charge in [-0.3, -0.25) is 9.59 Å². The Morgan fingerprint density at radius 3 is 2.95 bits per heavy atom. The normalized spacial score (nSPS) is 16.9. The summed E-state index contributed by atoms with van der Waals surface area (Å²) in [6.45, 7) is 1.22. The molecule has 5 nitrogen and oxygen atoms in total. The molecule has 1 aliphatic heterocycles. The van der Waals surface area contributed by atoms with Crippen LogP contribution in [0.25, 0.3) is 0 Å². The van der Waals surface area contributed by atoms with Crippen LogP contribution in [0.5, 0.6) is 5.75 Å². The number of carbonyl (C=O) groups is 2. The van der Waals surface area contributed by atoms with Crippen LogP contribution < -0.4 is 10.1 Å². The van der Waals surface area contributed by atoms with Crippen LogP contribution >= 0.6 is 11.8 Å². The van der Waals surface area contributed by atoms with Gasteiger partial charge < -0.3 is 15.2 Å². The van der Waals surface area contributed by atoms with E-state index in [1.165, 1.54) is 0 Å². The summed E-state index contributed by atoms with van der Waals surface area (Å²) in [5.41, 5.74) is 1.12. The predicted octanol–water partition coefficient (Wildman–Crippen LogP) is 1.49. The molecule has 1 atom stereocenters. The van der Waals surface area contributed by atoms with E-state index in [0.717, 1.165) is 29.5 Å². The summed E-state index contributed by atoms with van der Waals surface area (Å²) in [5.74, 6) is 0.248. The van der Waals surface area contributed by atoms with Crippen molar-refractivity contribution in [3.63, 3.8) is 0 Å². The fraction of sp³-hybridized carbons (Fsp3) is 0.429. The number of carboxylic acid groups (broad SMARTS) is 1. The third-order valence-electron chi connectivity index (χ3n) is 3.09. The molecular weight excluding hydrogens is 278 g/mol. The topological polar surface area (TPSA) is 75.6 Å². The minimum atomic E-state index is -0.902. The molecule has 1 aliphatic rings. The molecule has 1 heterocycles. The molecule has 0 fully saturated rings. The van der Waals surface area contributed by atoms with Crippen LogP contribution in [0.15, 0.2) is 24.3 Å². The quantitative estimate of drug-likeness (QED) is 0.831. The van der Waals surface area contributed by atoms with Crippen molar-refractivity contribution < 1.29 is 19.4 Å². The number of fused-ring (bicyclic) bond motifs is 1. The second-order valence-electron chi connectivity index (χ2n) is 4.56. The van der Waals surface area contributed by atoms with Gasteiger partial charge in [0.1, 0.15) is 5.75 Å². The molecule has 2 rings (SSSR count). The van der Waals surface area contributed by atoms with Gasteiger partial charge in [-0.25, -0.2) is 0 Å². The lowest BCUT2D eigenvalue weighted by Gasteiger charge is -2.25. The van der Waals surface area contributed by atoms with Crippen LogP contribution in [0, 0.1) is 0 Å². The summed E-state index contributed by atoms with van der Waals surface area (Å²) in [5, 5.41) is 11.4. The van der Waals surface area contributed by atoms with Gasteiger partial charge >= 0.3 is 5.97 Å². The fourth-order valence-electron chi connectivity index (χ4n) is 2.15. The highest BCUT2D eigenvalue weighted by Gasteiger charge is 2.21. The molecule has 0 bridgehead atoms. The van der Waals surface area contributed by atoms with E-state index in [-0.39, 0.29) is 23.3 Å². The van der Waals surface area contributed by atoms with Gasteiger partial charge in [0.15, 0.2) is 0 Å². The smallest absolute Gasteiger partial charge is 0.313 e. The second-order valence-corrected chi connectivity index (χ2v) is 5.55. The molecule has 0 spiro atoms. The van der Waals surface area contributed by atoms with E-state index in [0.29, 0.717) is 13.2 Å². The van der Waals surface area contributed by atoms with E-state index < -0.39 is 5.97 Å².